The lowest BCUT2D eigenvalue weighted by atomic mass is 10.2. The third-order valence-corrected chi connectivity index (χ3v) is 2.35. The van der Waals surface area contributed by atoms with Crippen molar-refractivity contribution >= 4 is 17.5 Å². The average Bonchev–Trinajstić information content (AvgIpc) is 2.73. The van der Waals surface area contributed by atoms with E-state index in [9.17, 15) is 9.59 Å². The molecule has 0 aromatic carbocycles. The van der Waals surface area contributed by atoms with Crippen LogP contribution < -0.4 is 4.90 Å². The lowest BCUT2D eigenvalue weighted by Crippen LogP contribution is -2.30. The Labute approximate surface area is 80.4 Å². The molecule has 5 nitrogen and oxygen atoms in total. The summed E-state index contributed by atoms with van der Waals surface area (Å²) in [5, 5.41) is 6.26. The fraction of sp³-hybridized carbons (Fsp3) is 0.222. The molecule has 72 valence electrons. The minimum atomic E-state index is -0.270. The van der Waals surface area contributed by atoms with E-state index in [1.54, 1.807) is 13.8 Å². The second kappa shape index (κ2) is 2.80. The fourth-order valence-electron chi connectivity index (χ4n) is 1.35. The van der Waals surface area contributed by atoms with Gasteiger partial charge < -0.3 is 0 Å². The maximum atomic E-state index is 11.6. The van der Waals surface area contributed by atoms with Gasteiger partial charge in [0.2, 0.25) is 0 Å². The number of nitrogens with zero attached hydrogens (tertiary/aromatic N) is 2. The predicted molar refractivity (Wildman–Crippen MR) is 49.5 cm³/mol. The number of aromatic nitrogens is 2. The third kappa shape index (κ3) is 0.985. The van der Waals surface area contributed by atoms with Crippen LogP contribution in [-0.4, -0.2) is 22.0 Å². The van der Waals surface area contributed by atoms with Crippen LogP contribution >= 0.6 is 0 Å². The molecule has 1 aliphatic heterocycles. The molecular formula is C9H9N3O2. The zero-order valence-corrected chi connectivity index (χ0v) is 7.87. The Morgan fingerprint density at radius 1 is 1.21 bits per heavy atom. The zero-order valence-electron chi connectivity index (χ0n) is 7.87. The molecule has 0 bridgehead atoms. The molecule has 1 aliphatic rings. The van der Waals surface area contributed by atoms with E-state index < -0.39 is 0 Å². The van der Waals surface area contributed by atoms with Gasteiger partial charge in [-0.05, 0) is 13.8 Å². The topological polar surface area (TPSA) is 66.1 Å². The van der Waals surface area contributed by atoms with Gasteiger partial charge in [-0.25, -0.2) is 4.90 Å². The molecule has 1 aromatic heterocycles. The highest BCUT2D eigenvalue weighted by Crippen LogP contribution is 2.25. The number of amides is 2. The Morgan fingerprint density at radius 3 is 2.21 bits per heavy atom. The molecule has 2 amide bonds. The van der Waals surface area contributed by atoms with Crippen LogP contribution in [0.2, 0.25) is 0 Å². The van der Waals surface area contributed by atoms with Gasteiger partial charge in [0.05, 0.1) is 11.9 Å². The number of hydrogen-bond acceptors (Lipinski definition) is 3. The Morgan fingerprint density at radius 2 is 1.79 bits per heavy atom. The van der Waals surface area contributed by atoms with Crippen LogP contribution in [0.5, 0.6) is 0 Å². The highest BCUT2D eigenvalue weighted by molar-refractivity contribution is 6.32. The molecule has 0 fully saturated rings. The van der Waals surface area contributed by atoms with Gasteiger partial charge in [0, 0.05) is 17.3 Å². The van der Waals surface area contributed by atoms with E-state index in [1.807, 2.05) is 0 Å². The van der Waals surface area contributed by atoms with Crippen LogP contribution in [0.25, 0.3) is 0 Å². The lowest BCUT2D eigenvalue weighted by molar-refractivity contribution is -0.120. The van der Waals surface area contributed by atoms with E-state index in [0.717, 1.165) is 4.90 Å². The summed E-state index contributed by atoms with van der Waals surface area (Å²) >= 11 is 0. The number of hydrogen-bond donors (Lipinski definition) is 1. The van der Waals surface area contributed by atoms with Crippen molar-refractivity contribution in [2.24, 2.45) is 0 Å². The molecule has 0 aliphatic carbocycles. The molecule has 5 heteroatoms. The zero-order chi connectivity index (χ0) is 10.3. The van der Waals surface area contributed by atoms with E-state index in [1.165, 1.54) is 12.4 Å². The first-order valence-corrected chi connectivity index (χ1v) is 4.18. The van der Waals surface area contributed by atoms with Crippen molar-refractivity contribution in [3.05, 3.63) is 23.5 Å². The van der Waals surface area contributed by atoms with Crippen molar-refractivity contribution in [2.75, 3.05) is 4.90 Å². The van der Waals surface area contributed by atoms with E-state index >= 15 is 0 Å². The van der Waals surface area contributed by atoms with E-state index in [0.29, 0.717) is 16.8 Å². The second-order valence-electron chi connectivity index (χ2n) is 3.15. The number of imide groups is 1. The summed E-state index contributed by atoms with van der Waals surface area (Å²) in [6.07, 6.45) is 2.96. The maximum Gasteiger partial charge on any atom is 0.261 e. The number of H-pyrrole nitrogens is 1. The summed E-state index contributed by atoms with van der Waals surface area (Å²) in [6, 6.07) is 0. The van der Waals surface area contributed by atoms with Crippen molar-refractivity contribution < 1.29 is 9.59 Å². The van der Waals surface area contributed by atoms with Gasteiger partial charge in [-0.2, -0.15) is 5.10 Å². The SMILES string of the molecule is CC1=C(C)C(=O)N(c2cn[nH]c2)C1=O. The van der Waals surface area contributed by atoms with Crippen molar-refractivity contribution in [3.8, 4) is 0 Å². The van der Waals surface area contributed by atoms with Gasteiger partial charge in [0.15, 0.2) is 0 Å². The summed E-state index contributed by atoms with van der Waals surface area (Å²) in [5.74, 6) is -0.539. The van der Waals surface area contributed by atoms with Crippen LogP contribution in [0.1, 0.15) is 13.8 Å². The molecule has 1 aromatic rings. The van der Waals surface area contributed by atoms with Crippen molar-refractivity contribution in [3.63, 3.8) is 0 Å². The van der Waals surface area contributed by atoms with Gasteiger partial charge in [0.25, 0.3) is 11.8 Å². The first-order valence-electron chi connectivity index (χ1n) is 4.18. The van der Waals surface area contributed by atoms with Gasteiger partial charge in [0.1, 0.15) is 0 Å². The number of carbonyl (C=O) groups excluding carboxylic acids is 2. The first kappa shape index (κ1) is 8.68. The van der Waals surface area contributed by atoms with E-state index in [4.69, 9.17) is 0 Å². The number of anilines is 1. The largest absolute Gasteiger partial charge is 0.284 e. The predicted octanol–water partition coefficient (Wildman–Crippen LogP) is 0.619. The minimum absolute atomic E-state index is 0.270. The van der Waals surface area contributed by atoms with Gasteiger partial charge >= 0.3 is 0 Å². The molecule has 0 saturated heterocycles. The average molecular weight is 191 g/mol. The number of carbonyl (C=O) groups is 2. The standard InChI is InChI=1S/C9H9N3O2/c1-5-6(2)9(14)12(8(5)13)7-3-10-11-4-7/h3-4H,1-2H3,(H,10,11). The van der Waals surface area contributed by atoms with Gasteiger partial charge in [-0.1, -0.05) is 0 Å². The highest BCUT2D eigenvalue weighted by atomic mass is 16.2. The number of aromatic amines is 1. The van der Waals surface area contributed by atoms with Crippen LogP contribution in [0.3, 0.4) is 0 Å². The van der Waals surface area contributed by atoms with Crippen molar-refractivity contribution in [1.29, 1.82) is 0 Å². The molecule has 0 spiro atoms. The molecule has 0 unspecified atom stereocenters. The quantitative estimate of drug-likeness (QED) is 0.661. The van der Waals surface area contributed by atoms with Crippen LogP contribution in [0, 0.1) is 0 Å². The Kier molecular flexibility index (Phi) is 1.73. The van der Waals surface area contributed by atoms with Gasteiger partial charge in [-0.3, -0.25) is 14.7 Å². The van der Waals surface area contributed by atoms with Crippen LogP contribution in [0.4, 0.5) is 5.69 Å². The summed E-state index contributed by atoms with van der Waals surface area (Å²) in [6.45, 7) is 3.30. The van der Waals surface area contributed by atoms with E-state index in [-0.39, 0.29) is 11.8 Å². The Balaban J connectivity index is 2.44. The van der Waals surface area contributed by atoms with Gasteiger partial charge in [-0.15, -0.1) is 0 Å². The first-order chi connectivity index (χ1) is 6.63. The Bertz CT molecular complexity index is 407. The Hall–Kier alpha value is -1.91. The summed E-state index contributed by atoms with van der Waals surface area (Å²) in [7, 11) is 0. The molecule has 0 radical (unpaired) electrons. The smallest absolute Gasteiger partial charge is 0.261 e. The minimum Gasteiger partial charge on any atom is -0.284 e. The molecule has 1 N–H and O–H groups in total. The molecule has 14 heavy (non-hydrogen) atoms. The monoisotopic (exact) mass is 191 g/mol. The number of rotatable bonds is 1. The molecule has 0 saturated carbocycles. The lowest BCUT2D eigenvalue weighted by Gasteiger charge is -2.10. The molecule has 2 heterocycles. The molecular weight excluding hydrogens is 182 g/mol. The maximum absolute atomic E-state index is 11.6. The van der Waals surface area contributed by atoms with Crippen LogP contribution in [-0.2, 0) is 9.59 Å². The summed E-state index contributed by atoms with van der Waals surface area (Å²) < 4.78 is 0. The summed E-state index contributed by atoms with van der Waals surface area (Å²) in [5.41, 5.74) is 1.48. The highest BCUT2D eigenvalue weighted by Gasteiger charge is 2.34. The second-order valence-corrected chi connectivity index (χ2v) is 3.15. The normalized spacial score (nSPS) is 17.1. The van der Waals surface area contributed by atoms with Crippen LogP contribution in [0.15, 0.2) is 23.5 Å². The van der Waals surface area contributed by atoms with Crippen molar-refractivity contribution in [2.45, 2.75) is 13.8 Å². The van der Waals surface area contributed by atoms with Crippen molar-refractivity contribution in [1.82, 2.24) is 10.2 Å². The summed E-state index contributed by atoms with van der Waals surface area (Å²) in [4.78, 5) is 24.4. The number of nitrogens with one attached hydrogen (secondary N) is 1. The van der Waals surface area contributed by atoms with E-state index in [2.05, 4.69) is 10.2 Å². The molecule has 0 atom stereocenters. The third-order valence-electron chi connectivity index (χ3n) is 2.35. The fourth-order valence-corrected chi connectivity index (χ4v) is 1.35. The molecule has 2 rings (SSSR count).